The zero-order valence-electron chi connectivity index (χ0n) is 15.6. The summed E-state index contributed by atoms with van der Waals surface area (Å²) in [4.78, 5) is 15.3. The molecule has 0 atom stereocenters. The summed E-state index contributed by atoms with van der Waals surface area (Å²) in [6, 6.07) is 10.4. The average Bonchev–Trinajstić information content (AvgIpc) is 3.04. The van der Waals surface area contributed by atoms with Gasteiger partial charge in [-0.05, 0) is 62.7 Å². The molecule has 0 aliphatic heterocycles. The van der Waals surface area contributed by atoms with E-state index >= 15 is 0 Å². The number of nitrogens with one attached hydrogen (secondary N) is 1. The molecule has 3 aromatic rings. The van der Waals surface area contributed by atoms with E-state index in [1.807, 2.05) is 6.07 Å². The summed E-state index contributed by atoms with van der Waals surface area (Å²) in [5, 5.41) is 0.977. The number of carbonyl (C=O) groups is 1. The lowest BCUT2D eigenvalue weighted by atomic mass is 9.84. The molecule has 0 bridgehead atoms. The third-order valence-corrected chi connectivity index (χ3v) is 5.04. The number of fused-ring (bicyclic) bond motifs is 1. The van der Waals surface area contributed by atoms with Gasteiger partial charge < -0.3 is 9.72 Å². The van der Waals surface area contributed by atoms with Crippen molar-refractivity contribution < 1.29 is 22.7 Å². The third-order valence-electron chi connectivity index (χ3n) is 4.71. The lowest BCUT2D eigenvalue weighted by Crippen LogP contribution is -2.31. The number of carbonyl (C=O) groups excluding carboxylic acids is 1. The second-order valence-corrected chi connectivity index (χ2v) is 7.43. The molecule has 0 saturated carbocycles. The molecule has 2 aromatic carbocycles. The summed E-state index contributed by atoms with van der Waals surface area (Å²) in [6.07, 6.45) is -4.46. The van der Waals surface area contributed by atoms with Gasteiger partial charge in [-0.2, -0.15) is 13.2 Å². The quantitative estimate of drug-likeness (QED) is 0.510. The van der Waals surface area contributed by atoms with Gasteiger partial charge in [0, 0.05) is 27.2 Å². The van der Waals surface area contributed by atoms with E-state index in [4.69, 9.17) is 16.3 Å². The zero-order chi connectivity index (χ0) is 20.7. The van der Waals surface area contributed by atoms with Crippen molar-refractivity contribution in [2.45, 2.75) is 32.4 Å². The van der Waals surface area contributed by atoms with E-state index in [1.54, 1.807) is 39.0 Å². The van der Waals surface area contributed by atoms with Gasteiger partial charge in [-0.15, -0.1) is 0 Å². The van der Waals surface area contributed by atoms with Gasteiger partial charge in [-0.3, -0.25) is 4.79 Å². The van der Waals surface area contributed by atoms with Crippen molar-refractivity contribution in [3.8, 4) is 11.3 Å². The molecule has 0 unspecified atom stereocenters. The van der Waals surface area contributed by atoms with E-state index in [9.17, 15) is 18.0 Å². The van der Waals surface area contributed by atoms with Gasteiger partial charge in [0.1, 0.15) is 0 Å². The van der Waals surface area contributed by atoms with Crippen LogP contribution in [0.25, 0.3) is 22.2 Å². The average molecular weight is 410 g/mol. The molecule has 0 fully saturated rings. The zero-order valence-corrected chi connectivity index (χ0v) is 16.3. The molecule has 0 saturated heterocycles. The Labute approximate surface area is 165 Å². The SMILES string of the molecule is CCOC(=O)C(C)(C)c1ccc2[nH]c(-c3cc(C(F)(F)F)ccc3Cl)cc2c1. The van der Waals surface area contributed by atoms with E-state index in [-0.39, 0.29) is 23.2 Å². The molecule has 0 amide bonds. The summed E-state index contributed by atoms with van der Waals surface area (Å²) in [7, 11) is 0. The Morgan fingerprint density at radius 1 is 1.07 bits per heavy atom. The van der Waals surface area contributed by atoms with Crippen molar-refractivity contribution in [3.63, 3.8) is 0 Å². The van der Waals surface area contributed by atoms with Crippen LogP contribution in [0.2, 0.25) is 5.02 Å². The Bertz CT molecular complexity index is 1040. The molecule has 1 heterocycles. The summed E-state index contributed by atoms with van der Waals surface area (Å²) in [6.45, 7) is 5.56. The molecule has 0 radical (unpaired) electrons. The Balaban J connectivity index is 2.06. The molecule has 148 valence electrons. The summed E-state index contributed by atoms with van der Waals surface area (Å²) in [5.74, 6) is -0.342. The smallest absolute Gasteiger partial charge is 0.416 e. The monoisotopic (exact) mass is 409 g/mol. The summed E-state index contributed by atoms with van der Waals surface area (Å²) >= 11 is 6.14. The van der Waals surface area contributed by atoms with Crippen LogP contribution in [0.5, 0.6) is 0 Å². The molecule has 3 nitrogen and oxygen atoms in total. The predicted molar refractivity (Wildman–Crippen MR) is 103 cm³/mol. The topological polar surface area (TPSA) is 42.1 Å². The van der Waals surface area contributed by atoms with Crippen LogP contribution in [0.3, 0.4) is 0 Å². The highest BCUT2D eigenvalue weighted by Gasteiger charge is 2.32. The first-order chi connectivity index (χ1) is 13.0. The number of alkyl halides is 3. The minimum absolute atomic E-state index is 0.214. The van der Waals surface area contributed by atoms with E-state index in [1.165, 1.54) is 6.07 Å². The standard InChI is InChI=1S/C21H19ClF3NO2/c1-4-28-19(27)20(2,3)13-6-8-17-12(9-13)10-18(26-17)15-11-14(21(23,24)25)5-7-16(15)22/h5-11,26H,4H2,1-3H3. The van der Waals surface area contributed by atoms with E-state index in [0.717, 1.165) is 28.6 Å². The van der Waals surface area contributed by atoms with Crippen LogP contribution in [-0.4, -0.2) is 17.6 Å². The van der Waals surface area contributed by atoms with Crippen molar-refractivity contribution in [2.24, 2.45) is 0 Å². The lowest BCUT2D eigenvalue weighted by molar-refractivity contribution is -0.148. The number of hydrogen-bond donors (Lipinski definition) is 1. The fraction of sp³-hybridized carbons (Fsp3) is 0.286. The van der Waals surface area contributed by atoms with Crippen molar-refractivity contribution in [2.75, 3.05) is 6.61 Å². The number of aromatic nitrogens is 1. The maximum atomic E-state index is 13.0. The predicted octanol–water partition coefficient (Wildman–Crippen LogP) is 6.35. The van der Waals surface area contributed by atoms with Gasteiger partial charge in [0.05, 0.1) is 17.6 Å². The number of aromatic amines is 1. The van der Waals surface area contributed by atoms with Gasteiger partial charge in [-0.25, -0.2) is 0 Å². The number of esters is 1. The number of hydrogen-bond acceptors (Lipinski definition) is 2. The van der Waals surface area contributed by atoms with Crippen LogP contribution >= 0.6 is 11.6 Å². The molecule has 3 rings (SSSR count). The first-order valence-electron chi connectivity index (χ1n) is 8.71. The highest BCUT2D eigenvalue weighted by molar-refractivity contribution is 6.33. The molecular weight excluding hydrogens is 391 g/mol. The highest BCUT2D eigenvalue weighted by Crippen LogP contribution is 2.37. The van der Waals surface area contributed by atoms with Crippen LogP contribution in [0.1, 0.15) is 31.9 Å². The van der Waals surface area contributed by atoms with Crippen LogP contribution in [0, 0.1) is 0 Å². The van der Waals surface area contributed by atoms with Gasteiger partial charge in [0.25, 0.3) is 0 Å². The normalized spacial score (nSPS) is 12.4. The van der Waals surface area contributed by atoms with Crippen molar-refractivity contribution >= 4 is 28.5 Å². The first-order valence-corrected chi connectivity index (χ1v) is 9.09. The minimum Gasteiger partial charge on any atom is -0.465 e. The van der Waals surface area contributed by atoms with Crippen LogP contribution in [0.4, 0.5) is 13.2 Å². The Kier molecular flexibility index (Phi) is 5.19. The molecule has 0 aliphatic carbocycles. The Hall–Kier alpha value is -2.47. The molecular formula is C21H19ClF3NO2. The van der Waals surface area contributed by atoms with E-state index < -0.39 is 17.2 Å². The van der Waals surface area contributed by atoms with Crippen molar-refractivity contribution in [1.82, 2.24) is 4.98 Å². The van der Waals surface area contributed by atoms with E-state index in [0.29, 0.717) is 5.69 Å². The number of H-pyrrole nitrogens is 1. The van der Waals surface area contributed by atoms with Gasteiger partial charge in [0.15, 0.2) is 0 Å². The summed E-state index contributed by atoms with van der Waals surface area (Å²) in [5.41, 5.74) is 0.590. The fourth-order valence-electron chi connectivity index (χ4n) is 3.00. The molecule has 0 aliphatic rings. The van der Waals surface area contributed by atoms with Gasteiger partial charge >= 0.3 is 12.1 Å². The van der Waals surface area contributed by atoms with Crippen molar-refractivity contribution in [1.29, 1.82) is 0 Å². The van der Waals surface area contributed by atoms with Crippen molar-refractivity contribution in [3.05, 3.63) is 58.6 Å². The van der Waals surface area contributed by atoms with Crippen LogP contribution in [-0.2, 0) is 21.1 Å². The Morgan fingerprint density at radius 2 is 1.75 bits per heavy atom. The Morgan fingerprint density at radius 3 is 2.39 bits per heavy atom. The van der Waals surface area contributed by atoms with E-state index in [2.05, 4.69) is 4.98 Å². The number of ether oxygens (including phenoxy) is 1. The van der Waals surface area contributed by atoms with Gasteiger partial charge in [-0.1, -0.05) is 17.7 Å². The molecule has 0 spiro atoms. The molecule has 1 N–H and O–H groups in total. The fourth-order valence-corrected chi connectivity index (χ4v) is 3.22. The first kappa shape index (κ1) is 20.3. The molecule has 1 aromatic heterocycles. The minimum atomic E-state index is -4.46. The number of rotatable bonds is 4. The lowest BCUT2D eigenvalue weighted by Gasteiger charge is -2.22. The second-order valence-electron chi connectivity index (χ2n) is 7.02. The third kappa shape index (κ3) is 3.74. The largest absolute Gasteiger partial charge is 0.465 e. The number of halogens is 4. The molecule has 7 heteroatoms. The van der Waals surface area contributed by atoms with Gasteiger partial charge in [0.2, 0.25) is 0 Å². The van der Waals surface area contributed by atoms with Crippen LogP contribution < -0.4 is 0 Å². The molecule has 28 heavy (non-hydrogen) atoms. The second kappa shape index (κ2) is 7.17. The maximum absolute atomic E-state index is 13.0. The van der Waals surface area contributed by atoms with Crippen LogP contribution in [0.15, 0.2) is 42.5 Å². The highest BCUT2D eigenvalue weighted by atomic mass is 35.5. The maximum Gasteiger partial charge on any atom is 0.416 e. The number of benzene rings is 2. The summed E-state index contributed by atoms with van der Waals surface area (Å²) < 4.78 is 44.3.